The van der Waals surface area contributed by atoms with Crippen molar-refractivity contribution >= 4 is 34.8 Å². The Morgan fingerprint density at radius 3 is 2.42 bits per heavy atom. The van der Waals surface area contributed by atoms with Crippen LogP contribution < -0.4 is 11.1 Å². The highest BCUT2D eigenvalue weighted by atomic mass is 35.5. The van der Waals surface area contributed by atoms with Crippen molar-refractivity contribution in [2.75, 3.05) is 25.0 Å². The van der Waals surface area contributed by atoms with Crippen LogP contribution in [0.5, 0.6) is 0 Å². The molecular formula is C18H19Cl2N3O. The standard InChI is InChI=1S/C18H19Cl2N3O/c19-14-7-4-8-15(20)18(14)22-17(24)11-23-9-13(16(21)10-23)12-5-2-1-3-6-12/h1-8,13,16H,9-11,21H2,(H,22,24)/t13-,16+/m0/s1. The zero-order valence-corrected chi connectivity index (χ0v) is 14.6. The van der Waals surface area contributed by atoms with Gasteiger partial charge in [-0.05, 0) is 17.7 Å². The highest BCUT2D eigenvalue weighted by Gasteiger charge is 2.32. The summed E-state index contributed by atoms with van der Waals surface area (Å²) in [6, 6.07) is 15.3. The Labute approximate surface area is 151 Å². The predicted octanol–water partition coefficient (Wildman–Crippen LogP) is 3.36. The number of hydrogen-bond acceptors (Lipinski definition) is 3. The number of para-hydroxylation sites is 1. The van der Waals surface area contributed by atoms with Gasteiger partial charge in [-0.15, -0.1) is 0 Å². The van der Waals surface area contributed by atoms with Crippen LogP contribution >= 0.6 is 23.2 Å². The maximum Gasteiger partial charge on any atom is 0.238 e. The lowest BCUT2D eigenvalue weighted by Gasteiger charge is -2.16. The summed E-state index contributed by atoms with van der Waals surface area (Å²) in [7, 11) is 0. The van der Waals surface area contributed by atoms with Crippen LogP contribution in [0.3, 0.4) is 0 Å². The Morgan fingerprint density at radius 2 is 1.75 bits per heavy atom. The first kappa shape index (κ1) is 17.2. The quantitative estimate of drug-likeness (QED) is 0.875. The fourth-order valence-electron chi connectivity index (χ4n) is 3.09. The topological polar surface area (TPSA) is 58.4 Å². The Balaban J connectivity index is 1.62. The Bertz CT molecular complexity index is 703. The molecule has 1 aliphatic rings. The average molecular weight is 364 g/mol. The highest BCUT2D eigenvalue weighted by Crippen LogP contribution is 2.30. The first-order chi connectivity index (χ1) is 11.5. The third kappa shape index (κ3) is 3.90. The molecule has 1 fully saturated rings. The summed E-state index contributed by atoms with van der Waals surface area (Å²) in [5, 5.41) is 3.64. The molecule has 4 nitrogen and oxygen atoms in total. The zero-order valence-electron chi connectivity index (χ0n) is 13.1. The zero-order chi connectivity index (χ0) is 17.1. The van der Waals surface area contributed by atoms with Crippen molar-refractivity contribution in [3.8, 4) is 0 Å². The second kappa shape index (κ2) is 7.53. The third-order valence-corrected chi connectivity index (χ3v) is 4.89. The largest absolute Gasteiger partial charge is 0.326 e. The third-order valence-electron chi connectivity index (χ3n) is 4.26. The van der Waals surface area contributed by atoms with E-state index in [1.807, 2.05) is 18.2 Å². The van der Waals surface area contributed by atoms with Gasteiger partial charge < -0.3 is 11.1 Å². The molecule has 0 unspecified atom stereocenters. The molecule has 0 aliphatic carbocycles. The number of hydrogen-bond donors (Lipinski definition) is 2. The van der Waals surface area contributed by atoms with Crippen LogP contribution in [0, 0.1) is 0 Å². The number of amides is 1. The van der Waals surface area contributed by atoms with Crippen LogP contribution in [0.15, 0.2) is 48.5 Å². The average Bonchev–Trinajstić information content (AvgIpc) is 2.92. The van der Waals surface area contributed by atoms with Gasteiger partial charge in [-0.25, -0.2) is 0 Å². The number of likely N-dealkylation sites (tertiary alicyclic amines) is 1. The predicted molar refractivity (Wildman–Crippen MR) is 98.7 cm³/mol. The summed E-state index contributed by atoms with van der Waals surface area (Å²) in [5.74, 6) is 0.0915. The number of carbonyl (C=O) groups is 1. The number of rotatable bonds is 4. The van der Waals surface area contributed by atoms with E-state index in [2.05, 4.69) is 22.3 Å². The molecule has 0 radical (unpaired) electrons. The van der Waals surface area contributed by atoms with E-state index < -0.39 is 0 Å². The Morgan fingerprint density at radius 1 is 1.08 bits per heavy atom. The van der Waals surface area contributed by atoms with Crippen LogP contribution in [0.2, 0.25) is 10.0 Å². The van der Waals surface area contributed by atoms with E-state index in [9.17, 15) is 4.79 Å². The van der Waals surface area contributed by atoms with Gasteiger partial charge in [-0.2, -0.15) is 0 Å². The van der Waals surface area contributed by atoms with Crippen LogP contribution in [-0.2, 0) is 4.79 Å². The molecule has 126 valence electrons. The lowest BCUT2D eigenvalue weighted by molar-refractivity contribution is -0.117. The van der Waals surface area contributed by atoms with Gasteiger partial charge in [0.25, 0.3) is 0 Å². The van der Waals surface area contributed by atoms with Crippen molar-refractivity contribution in [2.24, 2.45) is 5.73 Å². The summed E-state index contributed by atoms with van der Waals surface area (Å²) in [4.78, 5) is 14.4. The van der Waals surface area contributed by atoms with E-state index in [1.54, 1.807) is 18.2 Å². The SMILES string of the molecule is N[C@@H]1CN(CC(=O)Nc2c(Cl)cccc2Cl)C[C@H]1c1ccccc1. The minimum Gasteiger partial charge on any atom is -0.326 e. The molecule has 1 amide bonds. The van der Waals surface area contributed by atoms with Crippen molar-refractivity contribution in [3.63, 3.8) is 0 Å². The van der Waals surface area contributed by atoms with Gasteiger partial charge in [-0.1, -0.05) is 59.6 Å². The van der Waals surface area contributed by atoms with Gasteiger partial charge in [0.1, 0.15) is 0 Å². The molecule has 1 aliphatic heterocycles. The van der Waals surface area contributed by atoms with Gasteiger partial charge in [0, 0.05) is 25.0 Å². The summed E-state index contributed by atoms with van der Waals surface area (Å²) < 4.78 is 0. The monoisotopic (exact) mass is 363 g/mol. The second-order valence-electron chi connectivity index (χ2n) is 6.02. The maximum absolute atomic E-state index is 12.3. The Kier molecular flexibility index (Phi) is 5.41. The van der Waals surface area contributed by atoms with E-state index in [0.717, 1.165) is 6.54 Å². The number of halogens is 2. The number of nitrogens with two attached hydrogens (primary N) is 1. The minimum atomic E-state index is -0.147. The summed E-state index contributed by atoms with van der Waals surface area (Å²) in [5.41, 5.74) is 7.93. The van der Waals surface area contributed by atoms with Crippen molar-refractivity contribution in [1.29, 1.82) is 0 Å². The van der Waals surface area contributed by atoms with Gasteiger partial charge in [0.05, 0.1) is 22.3 Å². The molecule has 6 heteroatoms. The van der Waals surface area contributed by atoms with Gasteiger partial charge in [0.2, 0.25) is 5.91 Å². The lowest BCUT2D eigenvalue weighted by Crippen LogP contribution is -2.33. The van der Waals surface area contributed by atoms with Gasteiger partial charge in [-0.3, -0.25) is 9.69 Å². The molecule has 2 atom stereocenters. The normalized spacial score (nSPS) is 21.0. The van der Waals surface area contributed by atoms with E-state index >= 15 is 0 Å². The van der Waals surface area contributed by atoms with Crippen LogP contribution in [0.4, 0.5) is 5.69 Å². The van der Waals surface area contributed by atoms with E-state index in [4.69, 9.17) is 28.9 Å². The van der Waals surface area contributed by atoms with Crippen LogP contribution in [-0.4, -0.2) is 36.5 Å². The summed E-state index contributed by atoms with van der Waals surface area (Å²) >= 11 is 12.2. The number of anilines is 1. The molecule has 2 aromatic rings. The molecule has 24 heavy (non-hydrogen) atoms. The first-order valence-corrected chi connectivity index (χ1v) is 8.57. The Hall–Kier alpha value is -1.59. The number of nitrogens with zero attached hydrogens (tertiary/aromatic N) is 1. The molecule has 0 spiro atoms. The maximum atomic E-state index is 12.3. The number of carbonyl (C=O) groups excluding carboxylic acids is 1. The fraction of sp³-hybridized carbons (Fsp3) is 0.278. The van der Waals surface area contributed by atoms with Crippen LogP contribution in [0.25, 0.3) is 0 Å². The van der Waals surface area contributed by atoms with E-state index in [0.29, 0.717) is 22.3 Å². The fourth-order valence-corrected chi connectivity index (χ4v) is 3.59. The molecular weight excluding hydrogens is 345 g/mol. The molecule has 1 heterocycles. The smallest absolute Gasteiger partial charge is 0.238 e. The minimum absolute atomic E-state index is 0.0177. The molecule has 0 saturated carbocycles. The van der Waals surface area contributed by atoms with Crippen molar-refractivity contribution < 1.29 is 4.79 Å². The van der Waals surface area contributed by atoms with Gasteiger partial charge >= 0.3 is 0 Å². The summed E-state index contributed by atoms with van der Waals surface area (Å²) in [6.45, 7) is 1.71. The molecule has 2 aromatic carbocycles. The first-order valence-electron chi connectivity index (χ1n) is 7.81. The number of nitrogens with one attached hydrogen (secondary N) is 1. The summed E-state index contributed by atoms with van der Waals surface area (Å²) in [6.07, 6.45) is 0. The second-order valence-corrected chi connectivity index (χ2v) is 6.83. The van der Waals surface area contributed by atoms with Crippen LogP contribution in [0.1, 0.15) is 11.5 Å². The highest BCUT2D eigenvalue weighted by molar-refractivity contribution is 6.39. The van der Waals surface area contributed by atoms with E-state index in [1.165, 1.54) is 5.56 Å². The molecule has 1 saturated heterocycles. The van der Waals surface area contributed by atoms with Gasteiger partial charge in [0.15, 0.2) is 0 Å². The lowest BCUT2D eigenvalue weighted by atomic mass is 9.95. The molecule has 3 N–H and O–H groups in total. The van der Waals surface area contributed by atoms with Crippen molar-refractivity contribution in [2.45, 2.75) is 12.0 Å². The molecule has 0 bridgehead atoms. The van der Waals surface area contributed by atoms with E-state index in [-0.39, 0.29) is 24.4 Å². The molecule has 0 aromatic heterocycles. The number of benzene rings is 2. The van der Waals surface area contributed by atoms with Crippen molar-refractivity contribution in [1.82, 2.24) is 4.90 Å². The molecule has 3 rings (SSSR count). The van der Waals surface area contributed by atoms with Crippen molar-refractivity contribution in [3.05, 3.63) is 64.1 Å².